The van der Waals surface area contributed by atoms with Crippen LogP contribution in [-0.2, 0) is 9.53 Å². The number of amides is 1. The van der Waals surface area contributed by atoms with Crippen LogP contribution in [0.5, 0.6) is 0 Å². The Balaban J connectivity index is 1.86. The second-order valence-electron chi connectivity index (χ2n) is 4.58. The molecule has 0 aliphatic carbocycles. The number of hydrogen-bond donors (Lipinski definition) is 0. The molecule has 18 heavy (non-hydrogen) atoms. The number of morpholine rings is 1. The zero-order valence-corrected chi connectivity index (χ0v) is 11.7. The van der Waals surface area contributed by atoms with Crippen LogP contribution in [0.15, 0.2) is 29.2 Å². The van der Waals surface area contributed by atoms with Crippen molar-refractivity contribution in [2.45, 2.75) is 24.8 Å². The van der Waals surface area contributed by atoms with Crippen molar-refractivity contribution in [1.29, 1.82) is 0 Å². The van der Waals surface area contributed by atoms with Gasteiger partial charge in [0.05, 0.1) is 18.5 Å². The second-order valence-corrected chi connectivity index (χ2v) is 5.59. The van der Waals surface area contributed by atoms with Crippen LogP contribution in [0.4, 0.5) is 0 Å². The lowest BCUT2D eigenvalue weighted by atomic mass is 10.2. The van der Waals surface area contributed by atoms with Crippen LogP contribution in [0.3, 0.4) is 0 Å². The fourth-order valence-electron chi connectivity index (χ4n) is 1.99. The number of rotatable bonds is 3. The molecule has 4 heteroatoms. The molecule has 1 amide bonds. The normalized spacial score (nSPS) is 19.9. The first-order valence-corrected chi connectivity index (χ1v) is 7.23. The highest BCUT2D eigenvalue weighted by molar-refractivity contribution is 8.00. The largest absolute Gasteiger partial charge is 0.375 e. The van der Waals surface area contributed by atoms with E-state index in [0.29, 0.717) is 18.9 Å². The van der Waals surface area contributed by atoms with E-state index >= 15 is 0 Å². The van der Waals surface area contributed by atoms with Crippen molar-refractivity contribution in [2.75, 3.05) is 25.4 Å². The van der Waals surface area contributed by atoms with Gasteiger partial charge < -0.3 is 9.64 Å². The molecule has 1 aliphatic rings. The van der Waals surface area contributed by atoms with Gasteiger partial charge in [-0.15, -0.1) is 11.8 Å². The van der Waals surface area contributed by atoms with Crippen molar-refractivity contribution < 1.29 is 9.53 Å². The average molecular weight is 265 g/mol. The van der Waals surface area contributed by atoms with E-state index in [2.05, 4.69) is 19.1 Å². The molecule has 1 saturated heterocycles. The third-order valence-electron chi connectivity index (χ3n) is 3.04. The molecule has 1 fully saturated rings. The highest BCUT2D eigenvalue weighted by Gasteiger charge is 2.21. The Hall–Kier alpha value is -1.00. The van der Waals surface area contributed by atoms with Gasteiger partial charge in [-0.1, -0.05) is 18.2 Å². The summed E-state index contributed by atoms with van der Waals surface area (Å²) in [6.07, 6.45) is 0.158. The summed E-state index contributed by atoms with van der Waals surface area (Å²) < 4.78 is 5.44. The number of carbonyl (C=O) groups is 1. The maximum Gasteiger partial charge on any atom is 0.233 e. The molecule has 98 valence electrons. The minimum Gasteiger partial charge on any atom is -0.375 e. The summed E-state index contributed by atoms with van der Waals surface area (Å²) in [6.45, 7) is 6.17. The number of thioether (sulfide) groups is 1. The number of carbonyl (C=O) groups excluding carboxylic acids is 1. The number of ether oxygens (including phenoxy) is 1. The second kappa shape index (κ2) is 6.25. The van der Waals surface area contributed by atoms with Gasteiger partial charge >= 0.3 is 0 Å². The van der Waals surface area contributed by atoms with E-state index in [1.165, 1.54) is 10.5 Å². The highest BCUT2D eigenvalue weighted by atomic mass is 32.2. The number of nitrogens with zero attached hydrogens (tertiary/aromatic N) is 1. The topological polar surface area (TPSA) is 29.5 Å². The molecule has 1 heterocycles. The summed E-state index contributed by atoms with van der Waals surface area (Å²) in [5, 5.41) is 0. The van der Waals surface area contributed by atoms with Gasteiger partial charge in [0, 0.05) is 18.0 Å². The molecule has 1 aromatic carbocycles. The van der Waals surface area contributed by atoms with E-state index in [1.54, 1.807) is 11.8 Å². The Morgan fingerprint density at radius 3 is 3.00 bits per heavy atom. The van der Waals surface area contributed by atoms with Crippen LogP contribution in [0.2, 0.25) is 0 Å². The molecule has 0 N–H and O–H groups in total. The van der Waals surface area contributed by atoms with Crippen molar-refractivity contribution >= 4 is 17.7 Å². The zero-order chi connectivity index (χ0) is 13.0. The molecular formula is C14H19NO2S. The van der Waals surface area contributed by atoms with E-state index in [-0.39, 0.29) is 12.0 Å². The van der Waals surface area contributed by atoms with Gasteiger partial charge in [0.1, 0.15) is 0 Å². The van der Waals surface area contributed by atoms with Crippen molar-refractivity contribution in [3.63, 3.8) is 0 Å². The molecule has 0 radical (unpaired) electrons. The predicted octanol–water partition coefficient (Wildman–Crippen LogP) is 2.33. The lowest BCUT2D eigenvalue weighted by Crippen LogP contribution is -2.45. The van der Waals surface area contributed by atoms with Crippen molar-refractivity contribution in [3.05, 3.63) is 29.8 Å². The Morgan fingerprint density at radius 2 is 2.28 bits per heavy atom. The van der Waals surface area contributed by atoms with Crippen LogP contribution >= 0.6 is 11.8 Å². The van der Waals surface area contributed by atoms with Crippen molar-refractivity contribution in [1.82, 2.24) is 4.90 Å². The third kappa shape index (κ3) is 3.50. The number of hydrogen-bond acceptors (Lipinski definition) is 3. The summed E-state index contributed by atoms with van der Waals surface area (Å²) in [7, 11) is 0. The van der Waals surface area contributed by atoms with Gasteiger partial charge in [0.25, 0.3) is 0 Å². The SMILES string of the molecule is Cc1ccccc1SCC(=O)N1CCOC(C)C1. The molecule has 0 aromatic heterocycles. The molecule has 1 aliphatic heterocycles. The molecule has 1 unspecified atom stereocenters. The molecule has 0 bridgehead atoms. The summed E-state index contributed by atoms with van der Waals surface area (Å²) in [5.74, 6) is 0.718. The molecule has 1 aromatic rings. The van der Waals surface area contributed by atoms with E-state index < -0.39 is 0 Å². The predicted molar refractivity (Wildman–Crippen MR) is 73.9 cm³/mol. The standard InChI is InChI=1S/C14H19NO2S/c1-11-5-3-4-6-13(11)18-10-14(16)15-7-8-17-12(2)9-15/h3-6,12H,7-10H2,1-2H3. The van der Waals surface area contributed by atoms with Gasteiger partial charge in [0.15, 0.2) is 0 Å². The van der Waals surface area contributed by atoms with Crippen molar-refractivity contribution in [3.8, 4) is 0 Å². The maximum absolute atomic E-state index is 12.1. The summed E-state index contributed by atoms with van der Waals surface area (Å²) in [4.78, 5) is 15.2. The Bertz CT molecular complexity index is 422. The van der Waals surface area contributed by atoms with Gasteiger partial charge in [-0.25, -0.2) is 0 Å². The fraction of sp³-hybridized carbons (Fsp3) is 0.500. The van der Waals surface area contributed by atoms with E-state index in [9.17, 15) is 4.79 Å². The Labute approximate surface area is 113 Å². The lowest BCUT2D eigenvalue weighted by molar-refractivity contribution is -0.135. The third-order valence-corrected chi connectivity index (χ3v) is 4.20. The Kier molecular flexibility index (Phi) is 4.66. The maximum atomic E-state index is 12.1. The zero-order valence-electron chi connectivity index (χ0n) is 10.9. The lowest BCUT2D eigenvalue weighted by Gasteiger charge is -2.31. The fourth-order valence-corrected chi connectivity index (χ4v) is 2.93. The summed E-state index contributed by atoms with van der Waals surface area (Å²) in [6, 6.07) is 8.17. The van der Waals surface area contributed by atoms with Crippen LogP contribution in [0.25, 0.3) is 0 Å². The quantitative estimate of drug-likeness (QED) is 0.786. The van der Waals surface area contributed by atoms with Crippen LogP contribution in [-0.4, -0.2) is 42.4 Å². The Morgan fingerprint density at radius 1 is 1.50 bits per heavy atom. The minimum atomic E-state index is 0.158. The first kappa shape index (κ1) is 13.4. The molecule has 2 rings (SSSR count). The van der Waals surface area contributed by atoms with Crippen LogP contribution in [0, 0.1) is 6.92 Å². The average Bonchev–Trinajstić information content (AvgIpc) is 2.37. The van der Waals surface area contributed by atoms with E-state index in [0.717, 1.165) is 6.54 Å². The first-order valence-electron chi connectivity index (χ1n) is 6.24. The molecule has 1 atom stereocenters. The number of aryl methyl sites for hydroxylation is 1. The first-order chi connectivity index (χ1) is 8.66. The summed E-state index contributed by atoms with van der Waals surface area (Å²) >= 11 is 1.62. The molecule has 0 spiro atoms. The van der Waals surface area contributed by atoms with Crippen LogP contribution in [0.1, 0.15) is 12.5 Å². The van der Waals surface area contributed by atoms with Crippen molar-refractivity contribution in [2.24, 2.45) is 0 Å². The highest BCUT2D eigenvalue weighted by Crippen LogP contribution is 2.22. The van der Waals surface area contributed by atoms with Gasteiger partial charge in [-0.05, 0) is 25.5 Å². The van der Waals surface area contributed by atoms with E-state index in [1.807, 2.05) is 24.0 Å². The van der Waals surface area contributed by atoms with Gasteiger partial charge in [-0.2, -0.15) is 0 Å². The summed E-state index contributed by atoms with van der Waals surface area (Å²) in [5.41, 5.74) is 1.23. The minimum absolute atomic E-state index is 0.158. The molecule has 0 saturated carbocycles. The smallest absolute Gasteiger partial charge is 0.233 e. The molecule has 3 nitrogen and oxygen atoms in total. The monoisotopic (exact) mass is 265 g/mol. The van der Waals surface area contributed by atoms with E-state index in [4.69, 9.17) is 4.74 Å². The van der Waals surface area contributed by atoms with Gasteiger partial charge in [-0.3, -0.25) is 4.79 Å². The van der Waals surface area contributed by atoms with Gasteiger partial charge in [0.2, 0.25) is 5.91 Å². The molecular weight excluding hydrogens is 246 g/mol. The van der Waals surface area contributed by atoms with Crippen LogP contribution < -0.4 is 0 Å². The number of benzene rings is 1.